The number of halogens is 1. The number of carbonyl (C=O) groups is 1. The predicted molar refractivity (Wildman–Crippen MR) is 103 cm³/mol. The molecule has 0 bridgehead atoms. The van der Waals surface area contributed by atoms with E-state index in [1.165, 1.54) is 4.90 Å². The maximum Gasteiger partial charge on any atom is 0.227 e. The summed E-state index contributed by atoms with van der Waals surface area (Å²) in [7, 11) is 0. The maximum absolute atomic E-state index is 11.9. The molecular weight excluding hydrogens is 370 g/mol. The molecule has 0 spiro atoms. The van der Waals surface area contributed by atoms with Gasteiger partial charge in [-0.15, -0.1) is 11.8 Å². The molecule has 1 heterocycles. The minimum atomic E-state index is -0.0232. The van der Waals surface area contributed by atoms with Crippen molar-refractivity contribution in [3.8, 4) is 11.4 Å². The first-order valence-corrected chi connectivity index (χ1v) is 9.60. The van der Waals surface area contributed by atoms with Gasteiger partial charge in [0.1, 0.15) is 0 Å². The third-order valence-electron chi connectivity index (χ3n) is 3.57. The van der Waals surface area contributed by atoms with Crippen LogP contribution in [-0.4, -0.2) is 28.3 Å². The van der Waals surface area contributed by atoms with Crippen LogP contribution >= 0.6 is 23.4 Å². The molecule has 7 heteroatoms. The van der Waals surface area contributed by atoms with Crippen LogP contribution in [0.5, 0.6) is 0 Å². The van der Waals surface area contributed by atoms with Gasteiger partial charge in [-0.05, 0) is 36.4 Å². The van der Waals surface area contributed by atoms with Crippen molar-refractivity contribution in [1.82, 2.24) is 15.5 Å². The standard InChI is InChI=1S/C19H18ClN3O2S/c20-15-8-6-14(7-9-15)19-22-18(25-23-19)11-10-17(24)21-12-13-26-16-4-2-1-3-5-16/h1-9H,10-13H2,(H,21,24). The molecule has 5 nitrogen and oxygen atoms in total. The quantitative estimate of drug-likeness (QED) is 0.462. The van der Waals surface area contributed by atoms with E-state index < -0.39 is 0 Å². The van der Waals surface area contributed by atoms with Crippen LogP contribution in [0.3, 0.4) is 0 Å². The summed E-state index contributed by atoms with van der Waals surface area (Å²) in [6.07, 6.45) is 0.733. The Morgan fingerprint density at radius 2 is 1.88 bits per heavy atom. The second-order valence-corrected chi connectivity index (χ2v) is 7.13. The van der Waals surface area contributed by atoms with Crippen LogP contribution in [0.2, 0.25) is 5.02 Å². The molecule has 0 atom stereocenters. The number of thioether (sulfide) groups is 1. The van der Waals surface area contributed by atoms with Crippen molar-refractivity contribution < 1.29 is 9.32 Å². The number of aromatic nitrogens is 2. The molecule has 1 aromatic heterocycles. The average molecular weight is 388 g/mol. The lowest BCUT2D eigenvalue weighted by Crippen LogP contribution is -2.25. The van der Waals surface area contributed by atoms with Gasteiger partial charge in [-0.3, -0.25) is 4.79 Å². The van der Waals surface area contributed by atoms with Crippen molar-refractivity contribution in [1.29, 1.82) is 0 Å². The fraction of sp³-hybridized carbons (Fsp3) is 0.211. The number of amides is 1. The lowest BCUT2D eigenvalue weighted by molar-refractivity contribution is -0.121. The SMILES string of the molecule is O=C(CCc1nc(-c2ccc(Cl)cc2)no1)NCCSc1ccccc1. The summed E-state index contributed by atoms with van der Waals surface area (Å²) in [5, 5.41) is 7.49. The number of nitrogens with one attached hydrogen (secondary N) is 1. The topological polar surface area (TPSA) is 68.0 Å². The summed E-state index contributed by atoms with van der Waals surface area (Å²) in [6.45, 7) is 0.623. The molecule has 26 heavy (non-hydrogen) atoms. The van der Waals surface area contributed by atoms with Crippen LogP contribution in [0, 0.1) is 0 Å². The zero-order chi connectivity index (χ0) is 18.2. The molecule has 1 amide bonds. The van der Waals surface area contributed by atoms with E-state index in [1.54, 1.807) is 23.9 Å². The summed E-state index contributed by atoms with van der Waals surface area (Å²) in [4.78, 5) is 17.4. The van der Waals surface area contributed by atoms with E-state index >= 15 is 0 Å². The van der Waals surface area contributed by atoms with Crippen LogP contribution in [0.25, 0.3) is 11.4 Å². The number of nitrogens with zero attached hydrogens (tertiary/aromatic N) is 2. The number of hydrogen-bond acceptors (Lipinski definition) is 5. The van der Waals surface area contributed by atoms with Gasteiger partial charge in [0, 0.05) is 40.6 Å². The molecule has 3 aromatic rings. The van der Waals surface area contributed by atoms with Crippen molar-refractivity contribution in [3.63, 3.8) is 0 Å². The zero-order valence-electron chi connectivity index (χ0n) is 14.0. The van der Waals surface area contributed by atoms with E-state index in [2.05, 4.69) is 27.6 Å². The van der Waals surface area contributed by atoms with Gasteiger partial charge in [-0.2, -0.15) is 4.98 Å². The van der Waals surface area contributed by atoms with E-state index in [0.717, 1.165) is 11.3 Å². The number of carbonyl (C=O) groups excluding carboxylic acids is 1. The van der Waals surface area contributed by atoms with E-state index in [9.17, 15) is 4.79 Å². The van der Waals surface area contributed by atoms with E-state index in [1.807, 2.05) is 30.3 Å². The second kappa shape index (κ2) is 9.40. The molecule has 0 radical (unpaired) electrons. The van der Waals surface area contributed by atoms with E-state index in [0.29, 0.717) is 36.1 Å². The Morgan fingerprint density at radius 1 is 1.12 bits per heavy atom. The highest BCUT2D eigenvalue weighted by atomic mass is 35.5. The predicted octanol–water partition coefficient (Wildman–Crippen LogP) is 4.23. The summed E-state index contributed by atoms with van der Waals surface area (Å²) >= 11 is 7.58. The second-order valence-electron chi connectivity index (χ2n) is 5.53. The molecule has 134 valence electrons. The number of rotatable bonds is 8. The van der Waals surface area contributed by atoms with E-state index in [4.69, 9.17) is 16.1 Å². The molecule has 0 fully saturated rings. The highest BCUT2D eigenvalue weighted by Crippen LogP contribution is 2.19. The molecule has 0 aliphatic heterocycles. The summed E-state index contributed by atoms with van der Waals surface area (Å²) in [5.74, 6) is 1.75. The van der Waals surface area contributed by atoms with Gasteiger partial charge in [-0.25, -0.2) is 0 Å². The van der Waals surface area contributed by atoms with Gasteiger partial charge in [0.15, 0.2) is 0 Å². The normalized spacial score (nSPS) is 10.7. The number of aryl methyl sites for hydroxylation is 1. The van der Waals surface area contributed by atoms with Crippen molar-refractivity contribution in [2.45, 2.75) is 17.7 Å². The Labute approximate surface area is 161 Å². The zero-order valence-corrected chi connectivity index (χ0v) is 15.6. The molecular formula is C19H18ClN3O2S. The fourth-order valence-electron chi connectivity index (χ4n) is 2.26. The summed E-state index contributed by atoms with van der Waals surface area (Å²) in [5.41, 5.74) is 0.826. The monoisotopic (exact) mass is 387 g/mol. The van der Waals surface area contributed by atoms with Crippen LogP contribution in [0.4, 0.5) is 0 Å². The Kier molecular flexibility index (Phi) is 6.68. The maximum atomic E-state index is 11.9. The van der Waals surface area contributed by atoms with Crippen LogP contribution in [-0.2, 0) is 11.2 Å². The lowest BCUT2D eigenvalue weighted by atomic mass is 10.2. The van der Waals surface area contributed by atoms with Crippen molar-refractivity contribution >= 4 is 29.3 Å². The third-order valence-corrected chi connectivity index (χ3v) is 4.84. The highest BCUT2D eigenvalue weighted by Gasteiger charge is 2.10. The van der Waals surface area contributed by atoms with Crippen LogP contribution in [0.15, 0.2) is 64.0 Å². The number of hydrogen-bond donors (Lipinski definition) is 1. The van der Waals surface area contributed by atoms with Gasteiger partial charge in [0.05, 0.1) is 0 Å². The van der Waals surface area contributed by atoms with Crippen LogP contribution < -0.4 is 5.32 Å². The molecule has 0 aliphatic rings. The largest absolute Gasteiger partial charge is 0.355 e. The van der Waals surface area contributed by atoms with Gasteiger partial charge in [-0.1, -0.05) is 35.0 Å². The molecule has 0 saturated heterocycles. The Balaban J connectivity index is 1.38. The van der Waals surface area contributed by atoms with Gasteiger partial charge < -0.3 is 9.84 Å². The van der Waals surface area contributed by atoms with Crippen molar-refractivity contribution in [3.05, 3.63) is 65.5 Å². The first kappa shape index (κ1) is 18.5. The summed E-state index contributed by atoms with van der Waals surface area (Å²) in [6, 6.07) is 17.3. The molecule has 3 rings (SSSR count). The molecule has 2 aromatic carbocycles. The average Bonchev–Trinajstić information content (AvgIpc) is 3.14. The summed E-state index contributed by atoms with van der Waals surface area (Å²) < 4.78 is 5.20. The van der Waals surface area contributed by atoms with Gasteiger partial charge >= 0.3 is 0 Å². The Morgan fingerprint density at radius 3 is 2.65 bits per heavy atom. The van der Waals surface area contributed by atoms with Crippen molar-refractivity contribution in [2.24, 2.45) is 0 Å². The smallest absolute Gasteiger partial charge is 0.227 e. The van der Waals surface area contributed by atoms with E-state index in [-0.39, 0.29) is 5.91 Å². The Hall–Kier alpha value is -2.31. The molecule has 0 saturated carbocycles. The Bertz CT molecular complexity index is 838. The molecule has 0 aliphatic carbocycles. The minimum absolute atomic E-state index is 0.0232. The lowest BCUT2D eigenvalue weighted by Gasteiger charge is -2.04. The minimum Gasteiger partial charge on any atom is -0.355 e. The van der Waals surface area contributed by atoms with Crippen molar-refractivity contribution in [2.75, 3.05) is 12.3 Å². The van der Waals surface area contributed by atoms with Crippen LogP contribution in [0.1, 0.15) is 12.3 Å². The molecule has 0 unspecified atom stereocenters. The third kappa shape index (κ3) is 5.61. The number of benzene rings is 2. The fourth-order valence-corrected chi connectivity index (χ4v) is 3.17. The van der Waals surface area contributed by atoms with Gasteiger partial charge in [0.25, 0.3) is 0 Å². The van der Waals surface area contributed by atoms with Gasteiger partial charge in [0.2, 0.25) is 17.6 Å². The highest BCUT2D eigenvalue weighted by molar-refractivity contribution is 7.99. The first-order valence-electron chi connectivity index (χ1n) is 8.24. The molecule has 1 N–H and O–H groups in total. The first-order chi connectivity index (χ1) is 12.7.